The Hall–Kier alpha value is -3.96. The van der Waals surface area contributed by atoms with Crippen molar-refractivity contribution in [1.29, 1.82) is 0 Å². The average molecular weight is 552 g/mol. The number of anilines is 3. The molecule has 0 saturated heterocycles. The molecule has 2 aliphatic heterocycles. The number of halogens is 1. The van der Waals surface area contributed by atoms with Crippen LogP contribution in [0, 0.1) is 0 Å². The van der Waals surface area contributed by atoms with Gasteiger partial charge < -0.3 is 14.5 Å². The molecule has 204 valence electrons. The van der Waals surface area contributed by atoms with Crippen LogP contribution in [-0.2, 0) is 5.54 Å². The molecule has 0 atom stereocenters. The Morgan fingerprint density at radius 1 is 0.700 bits per heavy atom. The van der Waals surface area contributed by atoms with Crippen LogP contribution in [0.15, 0.2) is 84.9 Å². The van der Waals surface area contributed by atoms with Crippen LogP contribution < -0.4 is 19.4 Å². The third-order valence-corrected chi connectivity index (χ3v) is 8.69. The maximum Gasteiger partial charge on any atom is 0.260 e. The second-order valence-electron chi connectivity index (χ2n) is 10.2. The average Bonchev–Trinajstić information content (AvgIpc) is 3.23. The first kappa shape index (κ1) is 26.3. The minimum absolute atomic E-state index is 0.0804. The molecule has 6 heteroatoms. The number of nitrogens with zero attached hydrogens (tertiary/aromatic N) is 3. The van der Waals surface area contributed by atoms with Gasteiger partial charge in [0.1, 0.15) is 17.0 Å². The lowest BCUT2D eigenvalue weighted by Gasteiger charge is -2.45. The predicted molar refractivity (Wildman–Crippen MR) is 165 cm³/mol. The summed E-state index contributed by atoms with van der Waals surface area (Å²) < 4.78 is 6.76. The van der Waals surface area contributed by atoms with Crippen molar-refractivity contribution in [2.24, 2.45) is 0 Å². The number of para-hydroxylation sites is 1. The highest BCUT2D eigenvalue weighted by Gasteiger charge is 2.57. The van der Waals surface area contributed by atoms with Gasteiger partial charge in [0.15, 0.2) is 0 Å². The molecule has 0 aliphatic carbocycles. The minimum atomic E-state index is -0.953. The molecule has 0 fully saturated rings. The first-order chi connectivity index (χ1) is 19.5. The van der Waals surface area contributed by atoms with Crippen molar-refractivity contribution < 1.29 is 9.53 Å². The summed E-state index contributed by atoms with van der Waals surface area (Å²) in [6.45, 7) is 12.2. The van der Waals surface area contributed by atoms with Crippen molar-refractivity contribution in [2.45, 2.75) is 33.2 Å². The van der Waals surface area contributed by atoms with Crippen LogP contribution in [0.5, 0.6) is 11.5 Å². The van der Waals surface area contributed by atoms with Crippen LogP contribution in [0.1, 0.15) is 54.7 Å². The highest BCUT2D eigenvalue weighted by Crippen LogP contribution is 2.59. The number of ether oxygens (including phenoxy) is 1. The molecule has 4 aromatic rings. The highest BCUT2D eigenvalue weighted by atomic mass is 35.5. The van der Waals surface area contributed by atoms with E-state index in [0.717, 1.165) is 65.7 Å². The second-order valence-corrected chi connectivity index (χ2v) is 10.6. The number of benzene rings is 4. The maximum absolute atomic E-state index is 14.4. The summed E-state index contributed by atoms with van der Waals surface area (Å²) in [4.78, 5) is 20.9. The van der Waals surface area contributed by atoms with Crippen LogP contribution in [0.25, 0.3) is 0 Å². The van der Waals surface area contributed by atoms with E-state index >= 15 is 0 Å². The van der Waals surface area contributed by atoms with Crippen LogP contribution in [0.3, 0.4) is 0 Å². The summed E-state index contributed by atoms with van der Waals surface area (Å²) in [5.74, 6) is 1.41. The molecule has 0 unspecified atom stereocenters. The molecule has 2 heterocycles. The second kappa shape index (κ2) is 10.2. The topological polar surface area (TPSA) is 36.0 Å². The smallest absolute Gasteiger partial charge is 0.260 e. The van der Waals surface area contributed by atoms with E-state index in [-0.39, 0.29) is 5.91 Å². The van der Waals surface area contributed by atoms with Crippen LogP contribution >= 0.6 is 11.6 Å². The van der Waals surface area contributed by atoms with Gasteiger partial charge in [0.2, 0.25) is 0 Å². The van der Waals surface area contributed by atoms with Gasteiger partial charge in [-0.15, -0.1) is 0 Å². The van der Waals surface area contributed by atoms with Crippen LogP contribution in [-0.4, -0.2) is 32.1 Å². The molecule has 1 spiro atoms. The Morgan fingerprint density at radius 3 is 1.77 bits per heavy atom. The largest absolute Gasteiger partial charge is 0.456 e. The number of hydrogen-bond acceptors (Lipinski definition) is 4. The van der Waals surface area contributed by atoms with E-state index in [2.05, 4.69) is 80.0 Å². The molecule has 0 aromatic heterocycles. The predicted octanol–water partition coefficient (Wildman–Crippen LogP) is 8.09. The number of fused-ring (bicyclic) bond motifs is 6. The molecule has 0 radical (unpaired) electrons. The lowest BCUT2D eigenvalue weighted by molar-refractivity contribution is 0.0985. The monoisotopic (exact) mass is 551 g/mol. The van der Waals surface area contributed by atoms with Gasteiger partial charge in [0.25, 0.3) is 5.91 Å². The van der Waals surface area contributed by atoms with E-state index in [1.165, 1.54) is 0 Å². The zero-order valence-electron chi connectivity index (χ0n) is 23.4. The van der Waals surface area contributed by atoms with E-state index < -0.39 is 5.54 Å². The summed E-state index contributed by atoms with van der Waals surface area (Å²) in [5.41, 5.74) is 5.33. The minimum Gasteiger partial charge on any atom is -0.456 e. The molecule has 40 heavy (non-hydrogen) atoms. The van der Waals surface area contributed by atoms with Gasteiger partial charge in [0, 0.05) is 71.9 Å². The van der Waals surface area contributed by atoms with Gasteiger partial charge in [-0.05, 0) is 58.0 Å². The van der Waals surface area contributed by atoms with Gasteiger partial charge in [-0.25, -0.2) is 0 Å². The molecular formula is C34H34ClN3O2. The van der Waals surface area contributed by atoms with Crippen molar-refractivity contribution in [3.63, 3.8) is 0 Å². The zero-order chi connectivity index (χ0) is 28.0. The van der Waals surface area contributed by atoms with Crippen molar-refractivity contribution in [3.8, 4) is 11.5 Å². The first-order valence-electron chi connectivity index (χ1n) is 14.1. The molecular weight excluding hydrogens is 518 g/mol. The van der Waals surface area contributed by atoms with Crippen molar-refractivity contribution >= 4 is 34.6 Å². The van der Waals surface area contributed by atoms with E-state index in [1.807, 2.05) is 47.4 Å². The Kier molecular flexibility index (Phi) is 6.71. The molecule has 4 aromatic carbocycles. The normalized spacial score (nSPS) is 14.4. The Balaban J connectivity index is 1.71. The van der Waals surface area contributed by atoms with Crippen LogP contribution in [0.4, 0.5) is 17.1 Å². The number of rotatable bonds is 7. The lowest BCUT2D eigenvalue weighted by Crippen LogP contribution is -2.47. The Labute approximate surface area is 241 Å². The standard InChI is InChI=1S/C34H34ClN3O2/c1-5-36(6-2)23-17-19-27-31(21-23)40-32-22-24(37(7-3)8-4)18-20-28(32)34(27)26-14-10-9-13-25(26)33(39)38(34)30-16-12-11-15-29(30)35/h9-22H,5-8H2,1-4H3. The quantitative estimate of drug-likeness (QED) is 0.232. The number of amides is 1. The zero-order valence-corrected chi connectivity index (χ0v) is 24.2. The van der Waals surface area contributed by atoms with E-state index in [0.29, 0.717) is 16.3 Å². The summed E-state index contributed by atoms with van der Waals surface area (Å²) in [5, 5.41) is 0.525. The van der Waals surface area contributed by atoms with Crippen molar-refractivity contribution in [2.75, 3.05) is 40.9 Å². The highest BCUT2D eigenvalue weighted by molar-refractivity contribution is 6.34. The molecule has 1 amide bonds. The van der Waals surface area contributed by atoms with Gasteiger partial charge >= 0.3 is 0 Å². The summed E-state index contributed by atoms with van der Waals surface area (Å²) in [7, 11) is 0. The maximum atomic E-state index is 14.4. The first-order valence-corrected chi connectivity index (χ1v) is 14.5. The number of hydrogen-bond donors (Lipinski definition) is 0. The molecule has 5 nitrogen and oxygen atoms in total. The summed E-state index contributed by atoms with van der Waals surface area (Å²) in [6, 6.07) is 28.3. The number of carbonyl (C=O) groups is 1. The SMILES string of the molecule is CCN(CC)c1ccc2c(c1)Oc1cc(N(CC)CC)ccc1C21c2ccccc2C(=O)N1c1ccccc1Cl. The van der Waals surface area contributed by atoms with E-state index in [9.17, 15) is 4.79 Å². The van der Waals surface area contributed by atoms with Crippen molar-refractivity contribution in [3.05, 3.63) is 112 Å². The molecule has 0 saturated carbocycles. The summed E-state index contributed by atoms with van der Waals surface area (Å²) in [6.07, 6.45) is 0. The van der Waals surface area contributed by atoms with E-state index in [4.69, 9.17) is 16.3 Å². The molecule has 6 rings (SSSR count). The Bertz CT molecular complexity index is 1530. The third-order valence-electron chi connectivity index (χ3n) is 8.37. The molecule has 2 aliphatic rings. The molecule has 0 N–H and O–H groups in total. The Morgan fingerprint density at radius 2 is 1.23 bits per heavy atom. The van der Waals surface area contributed by atoms with Gasteiger partial charge in [0.05, 0.1) is 10.7 Å². The van der Waals surface area contributed by atoms with Crippen LogP contribution in [0.2, 0.25) is 5.02 Å². The fourth-order valence-electron chi connectivity index (χ4n) is 6.46. The molecule has 0 bridgehead atoms. The fourth-order valence-corrected chi connectivity index (χ4v) is 6.68. The lowest BCUT2D eigenvalue weighted by atomic mass is 9.74. The van der Waals surface area contributed by atoms with Gasteiger partial charge in [-0.3, -0.25) is 9.69 Å². The van der Waals surface area contributed by atoms with E-state index in [1.54, 1.807) is 0 Å². The van der Waals surface area contributed by atoms with Gasteiger partial charge in [-0.1, -0.05) is 54.1 Å². The summed E-state index contributed by atoms with van der Waals surface area (Å²) >= 11 is 6.84. The number of carbonyl (C=O) groups excluding carboxylic acids is 1. The fraction of sp³-hybridized carbons (Fsp3) is 0.265. The van der Waals surface area contributed by atoms with Crippen molar-refractivity contribution in [1.82, 2.24) is 0 Å². The van der Waals surface area contributed by atoms with Gasteiger partial charge in [-0.2, -0.15) is 0 Å². The third kappa shape index (κ3) is 3.71.